The van der Waals surface area contributed by atoms with Gasteiger partial charge in [0.1, 0.15) is 6.10 Å². The Morgan fingerprint density at radius 1 is 0.676 bits per heavy atom. The van der Waals surface area contributed by atoms with E-state index < -0.39 is 5.91 Å². The Bertz CT molecular complexity index is 2110. The van der Waals surface area contributed by atoms with Crippen molar-refractivity contribution in [3.63, 3.8) is 0 Å². The van der Waals surface area contributed by atoms with Crippen molar-refractivity contribution in [3.8, 4) is 23.0 Å². The lowest BCUT2D eigenvalue weighted by molar-refractivity contribution is -0.306. The molecule has 11 nitrogen and oxygen atoms in total. The van der Waals surface area contributed by atoms with E-state index in [1.807, 2.05) is 36.4 Å². The number of ether oxygens (including phenoxy) is 8. The van der Waals surface area contributed by atoms with Crippen LogP contribution in [0.1, 0.15) is 103 Å². The second-order valence-corrected chi connectivity index (χ2v) is 20.8. The maximum absolute atomic E-state index is 12.0. The second kappa shape index (κ2) is 29.1. The molecule has 2 aliphatic rings. The number of hydrogen-bond donors (Lipinski definition) is 1. The number of rotatable bonds is 27. The Morgan fingerprint density at radius 3 is 1.68 bits per heavy atom. The first-order chi connectivity index (χ1) is 34.2. The molecule has 12 heteroatoms. The lowest BCUT2D eigenvalue weighted by Crippen LogP contribution is -2.52. The molecular formula is C59H87ClN2O9. The number of halogens is 1. The van der Waals surface area contributed by atoms with Crippen LogP contribution in [-0.2, 0) is 38.3 Å². The van der Waals surface area contributed by atoms with Crippen LogP contribution in [0.3, 0.4) is 0 Å². The van der Waals surface area contributed by atoms with Gasteiger partial charge >= 0.3 is 0 Å². The van der Waals surface area contributed by atoms with Crippen LogP contribution in [0.2, 0.25) is 0 Å². The molecule has 8 atom stereocenters. The lowest BCUT2D eigenvalue weighted by atomic mass is 9.81. The van der Waals surface area contributed by atoms with Crippen LogP contribution in [-0.4, -0.2) is 107 Å². The Labute approximate surface area is 432 Å². The van der Waals surface area contributed by atoms with Crippen molar-refractivity contribution in [1.29, 1.82) is 0 Å². The standard InChI is InChI=1S/C42H60N2O6.C17H27ClO3/c1-29(2)35(24-33-20-21-38(47-8)40(25-33)48-23-15-22-46-7)26-37(44(45)28-32-16-11-9-12-17-32)39-27-36(30(3)4)42(49-39)43(6)31(5)41(50-42)34-18-13-10-14-19-34;1-13(2)15(12-18)10-14-6-7-16(20-4)17(11-14)21-9-5-8-19-3/h9-14,16-21,25,29-31,35-37,39,41,45H,15,22-24,26-28H2,1-8H3;6-7,11,13,15H,5,8-10,12H2,1-4H3/t31-,35-,36-,37?,39-,41+,42-;15-/m00/s1. The van der Waals surface area contributed by atoms with Crippen LogP contribution in [0.25, 0.3) is 0 Å². The van der Waals surface area contributed by atoms with Gasteiger partial charge in [0.25, 0.3) is 0 Å². The van der Waals surface area contributed by atoms with Crippen molar-refractivity contribution in [2.45, 2.75) is 124 Å². The first-order valence-corrected chi connectivity index (χ1v) is 26.5. The molecule has 2 heterocycles. The first kappa shape index (κ1) is 58.0. The third-order valence-electron chi connectivity index (χ3n) is 14.6. The molecule has 0 saturated carbocycles. The molecule has 1 unspecified atom stereocenters. The van der Waals surface area contributed by atoms with Crippen molar-refractivity contribution in [3.05, 3.63) is 119 Å². The van der Waals surface area contributed by atoms with Crippen LogP contribution in [0.4, 0.5) is 0 Å². The quantitative estimate of drug-likeness (QED) is 0.0351. The minimum absolute atomic E-state index is 0.112. The highest BCUT2D eigenvalue weighted by Crippen LogP contribution is 2.53. The van der Waals surface area contributed by atoms with Gasteiger partial charge in [-0.05, 0) is 116 Å². The first-order valence-electron chi connectivity index (χ1n) is 26.0. The summed E-state index contributed by atoms with van der Waals surface area (Å²) in [7, 11) is 8.87. The number of alkyl halides is 1. The molecule has 2 saturated heterocycles. The largest absolute Gasteiger partial charge is 0.493 e. The Balaban J connectivity index is 0.000000374. The van der Waals surface area contributed by atoms with E-state index in [0.717, 1.165) is 72.6 Å². The Kier molecular flexibility index (Phi) is 23.8. The highest BCUT2D eigenvalue weighted by Gasteiger charge is 2.62. The van der Waals surface area contributed by atoms with Gasteiger partial charge in [-0.15, -0.1) is 11.6 Å². The van der Waals surface area contributed by atoms with E-state index in [1.165, 1.54) is 16.2 Å². The van der Waals surface area contributed by atoms with E-state index in [0.29, 0.717) is 62.5 Å². The normalized spacial score (nSPS) is 21.4. The van der Waals surface area contributed by atoms with E-state index >= 15 is 0 Å². The van der Waals surface area contributed by atoms with Gasteiger partial charge < -0.3 is 43.1 Å². The molecule has 1 spiro atoms. The number of likely N-dealkylation sites (N-methyl/N-ethyl adjacent to an activating group) is 1. The van der Waals surface area contributed by atoms with Crippen molar-refractivity contribution >= 4 is 11.6 Å². The van der Waals surface area contributed by atoms with Crippen molar-refractivity contribution in [1.82, 2.24) is 9.96 Å². The molecule has 1 N–H and O–H groups in total. The monoisotopic (exact) mass is 1000 g/mol. The zero-order valence-electron chi connectivity index (χ0n) is 45.0. The topological polar surface area (TPSA) is 101 Å². The fourth-order valence-corrected chi connectivity index (χ4v) is 10.5. The summed E-state index contributed by atoms with van der Waals surface area (Å²) in [6, 6.07) is 32.9. The van der Waals surface area contributed by atoms with Crippen molar-refractivity contribution in [2.75, 3.05) is 67.8 Å². The van der Waals surface area contributed by atoms with Crippen LogP contribution < -0.4 is 18.9 Å². The molecule has 0 aliphatic carbocycles. The molecule has 0 amide bonds. The molecule has 4 aromatic carbocycles. The molecule has 0 radical (unpaired) electrons. The fourth-order valence-electron chi connectivity index (χ4n) is 10.0. The number of benzene rings is 4. The predicted molar refractivity (Wildman–Crippen MR) is 285 cm³/mol. The van der Waals surface area contributed by atoms with Gasteiger partial charge in [0.05, 0.1) is 39.6 Å². The molecule has 2 fully saturated rings. The summed E-state index contributed by atoms with van der Waals surface area (Å²) in [5.74, 6) is 4.92. The molecular weight excluding hydrogens is 916 g/mol. The van der Waals surface area contributed by atoms with Gasteiger partial charge in [-0.2, -0.15) is 5.06 Å². The number of methoxy groups -OCH3 is 4. The maximum atomic E-state index is 12.0. The molecule has 394 valence electrons. The van der Waals surface area contributed by atoms with Crippen molar-refractivity contribution in [2.24, 2.45) is 35.5 Å². The van der Waals surface area contributed by atoms with Gasteiger partial charge in [-0.1, -0.05) is 114 Å². The van der Waals surface area contributed by atoms with E-state index in [9.17, 15) is 5.21 Å². The zero-order valence-corrected chi connectivity index (χ0v) is 45.7. The van der Waals surface area contributed by atoms with Gasteiger partial charge in [-0.3, -0.25) is 0 Å². The summed E-state index contributed by atoms with van der Waals surface area (Å²) < 4.78 is 47.5. The third-order valence-corrected chi connectivity index (χ3v) is 15.0. The molecule has 2 aliphatic heterocycles. The maximum Gasteiger partial charge on any atom is 0.234 e. The van der Waals surface area contributed by atoms with Gasteiger partial charge in [-0.25, -0.2) is 4.90 Å². The summed E-state index contributed by atoms with van der Waals surface area (Å²) in [5.41, 5.74) is 4.63. The summed E-state index contributed by atoms with van der Waals surface area (Å²) in [6.07, 6.45) is 4.65. The van der Waals surface area contributed by atoms with E-state index in [4.69, 9.17) is 49.5 Å². The van der Waals surface area contributed by atoms with Crippen LogP contribution in [0.5, 0.6) is 23.0 Å². The molecule has 0 aromatic heterocycles. The Hall–Kier alpha value is -3.91. The zero-order chi connectivity index (χ0) is 51.5. The average molecular weight is 1000 g/mol. The minimum atomic E-state index is -0.886. The van der Waals surface area contributed by atoms with Gasteiger partial charge in [0, 0.05) is 64.7 Å². The summed E-state index contributed by atoms with van der Waals surface area (Å²) in [4.78, 5) is 2.30. The van der Waals surface area contributed by atoms with E-state index in [2.05, 4.69) is 121 Å². The van der Waals surface area contributed by atoms with E-state index in [-0.39, 0.29) is 36.1 Å². The highest BCUT2D eigenvalue weighted by atomic mass is 35.5. The van der Waals surface area contributed by atoms with E-state index in [1.54, 1.807) is 28.4 Å². The Morgan fingerprint density at radius 2 is 1.20 bits per heavy atom. The fraction of sp³-hybridized carbons (Fsp3) is 0.593. The smallest absolute Gasteiger partial charge is 0.234 e. The van der Waals surface area contributed by atoms with Crippen LogP contribution in [0.15, 0.2) is 97.1 Å². The average Bonchev–Trinajstić information content (AvgIpc) is 3.88. The van der Waals surface area contributed by atoms with Crippen LogP contribution >= 0.6 is 11.6 Å². The SMILES string of the molecule is COCCCOc1cc(C[C@@H](CC([C@@H]2C[C@@H](C(C)C)[C@]3(O2)O[C@@H](c2ccccc2)[C@H](C)N3C)N(O)Cc2ccccc2)C(C)C)ccc1OC.COCCCOc1cc(C[C@@H](CCl)C(C)C)ccc1OC. The molecule has 6 rings (SSSR count). The lowest BCUT2D eigenvalue weighted by Gasteiger charge is -2.39. The van der Waals surface area contributed by atoms with Crippen molar-refractivity contribution < 1.29 is 43.1 Å². The summed E-state index contributed by atoms with van der Waals surface area (Å²) >= 11 is 6.06. The minimum Gasteiger partial charge on any atom is -0.493 e. The summed E-state index contributed by atoms with van der Waals surface area (Å²) in [6.45, 7) is 18.7. The van der Waals surface area contributed by atoms with Crippen LogP contribution in [0, 0.1) is 35.5 Å². The highest BCUT2D eigenvalue weighted by molar-refractivity contribution is 6.18. The predicted octanol–water partition coefficient (Wildman–Crippen LogP) is 12.5. The number of nitrogens with zero attached hydrogens (tertiary/aromatic N) is 2. The molecule has 71 heavy (non-hydrogen) atoms. The molecule has 0 bridgehead atoms. The molecule has 4 aromatic rings. The number of hydrogen-bond acceptors (Lipinski definition) is 11. The number of hydroxylamine groups is 2. The van der Waals surface area contributed by atoms with Gasteiger partial charge in [0.2, 0.25) is 5.91 Å². The summed E-state index contributed by atoms with van der Waals surface area (Å²) in [5, 5.41) is 13.6. The second-order valence-electron chi connectivity index (χ2n) is 20.5. The van der Waals surface area contributed by atoms with Gasteiger partial charge in [0.15, 0.2) is 23.0 Å². The third kappa shape index (κ3) is 16.0.